The van der Waals surface area contributed by atoms with Gasteiger partial charge in [0.2, 0.25) is 5.91 Å². The standard InChI is InChI=1S/C16H15F2N3O3/c17-15(18)24-13-8-6-12(7-9-13)20-14(22)10-19-16(23)21-11-4-2-1-3-5-11/h1-9,15H,10H2,(H,20,22)(H2,19,21,23). The van der Waals surface area contributed by atoms with Crippen LogP contribution < -0.4 is 20.7 Å². The van der Waals surface area contributed by atoms with E-state index >= 15 is 0 Å². The molecule has 24 heavy (non-hydrogen) atoms. The Morgan fingerprint density at radius 3 is 2.17 bits per heavy atom. The van der Waals surface area contributed by atoms with Crippen molar-refractivity contribution in [2.45, 2.75) is 6.61 Å². The highest BCUT2D eigenvalue weighted by atomic mass is 19.3. The fourth-order valence-electron chi connectivity index (χ4n) is 1.78. The summed E-state index contributed by atoms with van der Waals surface area (Å²) in [4.78, 5) is 23.4. The van der Waals surface area contributed by atoms with Gasteiger partial charge in [0.05, 0.1) is 6.54 Å². The van der Waals surface area contributed by atoms with E-state index in [1.807, 2.05) is 6.07 Å². The SMILES string of the molecule is O=C(CNC(=O)Nc1ccccc1)Nc1ccc(OC(F)F)cc1. The molecule has 0 heterocycles. The minimum Gasteiger partial charge on any atom is -0.435 e. The summed E-state index contributed by atoms with van der Waals surface area (Å²) >= 11 is 0. The highest BCUT2D eigenvalue weighted by Gasteiger charge is 2.07. The van der Waals surface area contributed by atoms with Crippen LogP contribution in [0.1, 0.15) is 0 Å². The van der Waals surface area contributed by atoms with E-state index in [0.29, 0.717) is 11.4 Å². The summed E-state index contributed by atoms with van der Waals surface area (Å²) in [5.41, 5.74) is 0.997. The lowest BCUT2D eigenvalue weighted by atomic mass is 10.3. The van der Waals surface area contributed by atoms with Crippen molar-refractivity contribution in [3.63, 3.8) is 0 Å². The van der Waals surface area contributed by atoms with Crippen LogP contribution in [0.25, 0.3) is 0 Å². The number of anilines is 2. The van der Waals surface area contributed by atoms with Crippen LogP contribution in [0.5, 0.6) is 5.75 Å². The molecule has 2 rings (SSSR count). The Balaban J connectivity index is 1.75. The minimum atomic E-state index is -2.90. The van der Waals surface area contributed by atoms with Crippen LogP contribution in [0.15, 0.2) is 54.6 Å². The number of benzene rings is 2. The van der Waals surface area contributed by atoms with Gasteiger partial charge in [-0.15, -0.1) is 0 Å². The van der Waals surface area contributed by atoms with Crippen LogP contribution in [0.3, 0.4) is 0 Å². The van der Waals surface area contributed by atoms with E-state index in [-0.39, 0.29) is 12.3 Å². The molecular weight excluding hydrogens is 320 g/mol. The van der Waals surface area contributed by atoms with Gasteiger partial charge in [0.15, 0.2) is 0 Å². The first-order valence-corrected chi connectivity index (χ1v) is 6.97. The number of hydrogen-bond acceptors (Lipinski definition) is 3. The lowest BCUT2D eigenvalue weighted by Gasteiger charge is -2.09. The summed E-state index contributed by atoms with van der Waals surface area (Å²) in [6.07, 6.45) is 0. The first-order chi connectivity index (χ1) is 11.5. The average molecular weight is 335 g/mol. The van der Waals surface area contributed by atoms with Gasteiger partial charge in [0.25, 0.3) is 0 Å². The fraction of sp³-hybridized carbons (Fsp3) is 0.125. The van der Waals surface area contributed by atoms with Crippen molar-refractivity contribution in [1.82, 2.24) is 5.32 Å². The number of hydrogen-bond donors (Lipinski definition) is 3. The Labute approximate surface area is 136 Å². The van der Waals surface area contributed by atoms with Crippen LogP contribution >= 0.6 is 0 Å². The van der Waals surface area contributed by atoms with E-state index in [0.717, 1.165) is 0 Å². The second-order valence-corrected chi connectivity index (χ2v) is 4.62. The number of carbonyl (C=O) groups is 2. The largest absolute Gasteiger partial charge is 0.435 e. The summed E-state index contributed by atoms with van der Waals surface area (Å²) in [5.74, 6) is -0.468. The van der Waals surface area contributed by atoms with Crippen molar-refractivity contribution in [2.75, 3.05) is 17.2 Å². The molecular formula is C16H15F2N3O3. The van der Waals surface area contributed by atoms with E-state index in [1.54, 1.807) is 24.3 Å². The van der Waals surface area contributed by atoms with Gasteiger partial charge in [0, 0.05) is 11.4 Å². The van der Waals surface area contributed by atoms with Crippen LogP contribution in [0.2, 0.25) is 0 Å². The summed E-state index contributed by atoms with van der Waals surface area (Å²) in [6.45, 7) is -3.15. The lowest BCUT2D eigenvalue weighted by molar-refractivity contribution is -0.115. The van der Waals surface area contributed by atoms with Crippen molar-refractivity contribution in [1.29, 1.82) is 0 Å². The molecule has 0 saturated carbocycles. The van der Waals surface area contributed by atoms with Gasteiger partial charge < -0.3 is 20.7 Å². The topological polar surface area (TPSA) is 79.5 Å². The van der Waals surface area contributed by atoms with Crippen LogP contribution in [0.4, 0.5) is 25.0 Å². The first kappa shape index (κ1) is 17.2. The van der Waals surface area contributed by atoms with Crippen LogP contribution in [0, 0.1) is 0 Å². The maximum Gasteiger partial charge on any atom is 0.387 e. The zero-order valence-electron chi connectivity index (χ0n) is 12.5. The number of rotatable bonds is 6. The molecule has 2 aromatic rings. The number of para-hydroxylation sites is 1. The van der Waals surface area contributed by atoms with Crippen molar-refractivity contribution in [2.24, 2.45) is 0 Å². The smallest absolute Gasteiger partial charge is 0.387 e. The maximum absolute atomic E-state index is 12.0. The van der Waals surface area contributed by atoms with Crippen molar-refractivity contribution in [3.8, 4) is 5.75 Å². The van der Waals surface area contributed by atoms with Gasteiger partial charge >= 0.3 is 12.6 Å². The van der Waals surface area contributed by atoms with Crippen molar-refractivity contribution < 1.29 is 23.1 Å². The second-order valence-electron chi connectivity index (χ2n) is 4.62. The Morgan fingerprint density at radius 1 is 0.917 bits per heavy atom. The Bertz CT molecular complexity index is 679. The maximum atomic E-state index is 12.0. The zero-order chi connectivity index (χ0) is 17.4. The predicted octanol–water partition coefficient (Wildman–Crippen LogP) is 3.05. The van der Waals surface area contributed by atoms with Gasteiger partial charge in [-0.25, -0.2) is 4.79 Å². The third-order valence-corrected chi connectivity index (χ3v) is 2.80. The Morgan fingerprint density at radius 2 is 1.54 bits per heavy atom. The van der Waals surface area contributed by atoms with Crippen molar-refractivity contribution >= 4 is 23.3 Å². The highest BCUT2D eigenvalue weighted by molar-refractivity contribution is 5.96. The molecule has 0 aliphatic rings. The lowest BCUT2D eigenvalue weighted by Crippen LogP contribution is -2.35. The molecule has 0 radical (unpaired) electrons. The number of alkyl halides is 2. The van der Waals surface area contributed by atoms with Gasteiger partial charge in [0.1, 0.15) is 5.75 Å². The molecule has 8 heteroatoms. The Hall–Kier alpha value is -3.16. The molecule has 0 aliphatic heterocycles. The average Bonchev–Trinajstić information content (AvgIpc) is 2.55. The number of nitrogens with one attached hydrogen (secondary N) is 3. The molecule has 6 nitrogen and oxygen atoms in total. The van der Waals surface area contributed by atoms with E-state index in [1.165, 1.54) is 24.3 Å². The summed E-state index contributed by atoms with van der Waals surface area (Å²) < 4.78 is 28.2. The van der Waals surface area contributed by atoms with E-state index in [9.17, 15) is 18.4 Å². The van der Waals surface area contributed by atoms with Crippen LogP contribution in [-0.4, -0.2) is 25.1 Å². The summed E-state index contributed by atoms with van der Waals surface area (Å²) in [5, 5.41) is 7.49. The summed E-state index contributed by atoms with van der Waals surface area (Å²) in [6, 6.07) is 13.7. The molecule has 126 valence electrons. The summed E-state index contributed by atoms with van der Waals surface area (Å²) in [7, 11) is 0. The molecule has 0 fully saturated rings. The molecule has 3 N–H and O–H groups in total. The number of amides is 3. The zero-order valence-corrected chi connectivity index (χ0v) is 12.5. The normalized spacial score (nSPS) is 10.1. The Kier molecular flexibility index (Phi) is 6.07. The third kappa shape index (κ3) is 5.91. The number of urea groups is 1. The molecule has 0 aromatic heterocycles. The molecule has 0 unspecified atom stereocenters. The van der Waals surface area contributed by atoms with Gasteiger partial charge in [-0.3, -0.25) is 4.79 Å². The van der Waals surface area contributed by atoms with E-state index < -0.39 is 18.5 Å². The number of carbonyl (C=O) groups excluding carboxylic acids is 2. The minimum absolute atomic E-state index is 0.0108. The highest BCUT2D eigenvalue weighted by Crippen LogP contribution is 2.17. The van der Waals surface area contributed by atoms with Gasteiger partial charge in [-0.2, -0.15) is 8.78 Å². The second kappa shape index (κ2) is 8.47. The molecule has 0 atom stereocenters. The quantitative estimate of drug-likeness (QED) is 0.759. The van der Waals surface area contributed by atoms with E-state index in [4.69, 9.17) is 0 Å². The molecule has 0 spiro atoms. The molecule has 0 aliphatic carbocycles. The third-order valence-electron chi connectivity index (χ3n) is 2.80. The molecule has 3 amide bonds. The predicted molar refractivity (Wildman–Crippen MR) is 85.2 cm³/mol. The first-order valence-electron chi connectivity index (χ1n) is 6.97. The monoisotopic (exact) mass is 335 g/mol. The van der Waals surface area contributed by atoms with Crippen molar-refractivity contribution in [3.05, 3.63) is 54.6 Å². The fourth-order valence-corrected chi connectivity index (χ4v) is 1.78. The molecule has 0 bridgehead atoms. The van der Waals surface area contributed by atoms with Gasteiger partial charge in [-0.1, -0.05) is 18.2 Å². The molecule has 2 aromatic carbocycles. The van der Waals surface area contributed by atoms with Gasteiger partial charge in [-0.05, 0) is 36.4 Å². The van der Waals surface area contributed by atoms with E-state index in [2.05, 4.69) is 20.7 Å². The number of ether oxygens (including phenoxy) is 1. The number of halogens is 2. The molecule has 0 saturated heterocycles. The van der Waals surface area contributed by atoms with Crippen LogP contribution in [-0.2, 0) is 4.79 Å².